The maximum absolute atomic E-state index is 10.2. The standard InChI is InChI=1S/C13H18N2O4S/c1-15(2)13(18,19)12(16,17)10-7-14-11-5-4-8(20-3)6-9(10)11/h4-7,14,16-19H,1-3H3. The third-order valence-corrected chi connectivity index (χ3v) is 4.08. The fourth-order valence-electron chi connectivity index (χ4n) is 2.01. The zero-order chi connectivity index (χ0) is 15.1. The van der Waals surface area contributed by atoms with Gasteiger partial charge in [-0.3, -0.25) is 4.90 Å². The molecule has 6 nitrogen and oxygen atoms in total. The monoisotopic (exact) mass is 298 g/mol. The van der Waals surface area contributed by atoms with Crippen LogP contribution in [0.5, 0.6) is 0 Å². The van der Waals surface area contributed by atoms with Gasteiger partial charge in [0.25, 0.3) is 11.7 Å². The first-order valence-electron chi connectivity index (χ1n) is 5.94. The minimum absolute atomic E-state index is 0.00194. The molecule has 0 radical (unpaired) electrons. The van der Waals surface area contributed by atoms with Crippen LogP contribution in [0.15, 0.2) is 29.3 Å². The minimum atomic E-state index is -2.84. The number of aromatic nitrogens is 1. The Balaban J connectivity index is 2.62. The number of aromatic amines is 1. The van der Waals surface area contributed by atoms with Gasteiger partial charge in [-0.15, -0.1) is 11.8 Å². The van der Waals surface area contributed by atoms with Crippen molar-refractivity contribution < 1.29 is 20.4 Å². The molecule has 2 rings (SSSR count). The Morgan fingerprint density at radius 2 is 1.80 bits per heavy atom. The van der Waals surface area contributed by atoms with Gasteiger partial charge in [0.15, 0.2) is 0 Å². The van der Waals surface area contributed by atoms with Crippen LogP contribution in [-0.4, -0.2) is 56.6 Å². The third-order valence-electron chi connectivity index (χ3n) is 3.36. The van der Waals surface area contributed by atoms with Crippen LogP contribution in [0, 0.1) is 0 Å². The highest BCUT2D eigenvalue weighted by atomic mass is 32.2. The van der Waals surface area contributed by atoms with E-state index in [1.165, 1.54) is 32.1 Å². The number of rotatable bonds is 4. The van der Waals surface area contributed by atoms with E-state index in [1.54, 1.807) is 12.1 Å². The summed E-state index contributed by atoms with van der Waals surface area (Å²) in [6, 6.07) is 5.45. The van der Waals surface area contributed by atoms with Crippen molar-refractivity contribution in [1.82, 2.24) is 9.88 Å². The van der Waals surface area contributed by atoms with Gasteiger partial charge in [-0.25, -0.2) is 0 Å². The highest BCUT2D eigenvalue weighted by Crippen LogP contribution is 2.36. The van der Waals surface area contributed by atoms with Gasteiger partial charge in [-0.2, -0.15) is 0 Å². The van der Waals surface area contributed by atoms with Crippen molar-refractivity contribution in [2.45, 2.75) is 16.6 Å². The lowest BCUT2D eigenvalue weighted by Gasteiger charge is -2.38. The number of likely N-dealkylation sites (N-methyl/N-ethyl adjacent to an activating group) is 1. The second kappa shape index (κ2) is 5.03. The predicted molar refractivity (Wildman–Crippen MR) is 77.1 cm³/mol. The molecule has 0 atom stereocenters. The maximum atomic E-state index is 10.2. The first-order chi connectivity index (χ1) is 9.21. The van der Waals surface area contributed by atoms with E-state index in [9.17, 15) is 20.4 Å². The van der Waals surface area contributed by atoms with Crippen LogP contribution in [0.3, 0.4) is 0 Å². The number of H-pyrrole nitrogens is 1. The molecular formula is C13H18N2O4S. The van der Waals surface area contributed by atoms with Gasteiger partial charge in [0.2, 0.25) is 0 Å². The Hall–Kier alpha value is -1.09. The molecule has 0 aliphatic rings. The molecule has 0 aliphatic heterocycles. The van der Waals surface area contributed by atoms with Crippen LogP contribution >= 0.6 is 11.8 Å². The molecule has 5 N–H and O–H groups in total. The van der Waals surface area contributed by atoms with Gasteiger partial charge in [0.1, 0.15) is 0 Å². The summed E-state index contributed by atoms with van der Waals surface area (Å²) in [7, 11) is 2.67. The van der Waals surface area contributed by atoms with E-state index in [0.717, 1.165) is 9.80 Å². The first kappa shape index (κ1) is 15.3. The Morgan fingerprint density at radius 1 is 1.15 bits per heavy atom. The number of aliphatic hydroxyl groups is 4. The van der Waals surface area contributed by atoms with Crippen LogP contribution in [0.1, 0.15) is 5.56 Å². The molecule has 0 fully saturated rings. The number of nitrogens with one attached hydrogen (secondary N) is 1. The van der Waals surface area contributed by atoms with Crippen LogP contribution in [-0.2, 0) is 5.79 Å². The molecule has 7 heteroatoms. The highest BCUT2D eigenvalue weighted by Gasteiger charge is 2.52. The molecule has 0 bridgehead atoms. The van der Waals surface area contributed by atoms with Gasteiger partial charge in [-0.05, 0) is 38.6 Å². The van der Waals surface area contributed by atoms with E-state index < -0.39 is 11.7 Å². The lowest BCUT2D eigenvalue weighted by atomic mass is 10.0. The van der Waals surface area contributed by atoms with Crippen molar-refractivity contribution in [2.24, 2.45) is 0 Å². The number of hydrogen-bond acceptors (Lipinski definition) is 6. The molecule has 0 spiro atoms. The largest absolute Gasteiger partial charge is 0.361 e. The molecule has 0 amide bonds. The minimum Gasteiger partial charge on any atom is -0.361 e. The van der Waals surface area contributed by atoms with E-state index >= 15 is 0 Å². The second-order valence-corrected chi connectivity index (χ2v) is 5.70. The summed E-state index contributed by atoms with van der Waals surface area (Å²) in [5.41, 5.74) is 0.682. The molecule has 0 saturated carbocycles. The van der Waals surface area contributed by atoms with Crippen LogP contribution < -0.4 is 0 Å². The van der Waals surface area contributed by atoms with Crippen molar-refractivity contribution in [2.75, 3.05) is 20.4 Å². The van der Waals surface area contributed by atoms with Gasteiger partial charge >= 0.3 is 0 Å². The average Bonchev–Trinajstić information content (AvgIpc) is 2.81. The third kappa shape index (κ3) is 2.22. The van der Waals surface area contributed by atoms with Crippen LogP contribution in [0.4, 0.5) is 0 Å². The average molecular weight is 298 g/mol. The zero-order valence-electron chi connectivity index (χ0n) is 11.5. The van der Waals surface area contributed by atoms with Crippen molar-refractivity contribution in [3.05, 3.63) is 30.0 Å². The summed E-state index contributed by atoms with van der Waals surface area (Å²) >= 11 is 1.51. The molecule has 1 heterocycles. The molecule has 0 aliphatic carbocycles. The fraction of sp³-hybridized carbons (Fsp3) is 0.385. The summed E-state index contributed by atoms with van der Waals surface area (Å²) in [4.78, 5) is 4.74. The molecule has 0 saturated heterocycles. The fourth-order valence-corrected chi connectivity index (χ4v) is 2.45. The molecule has 110 valence electrons. The van der Waals surface area contributed by atoms with Crippen molar-refractivity contribution in [3.8, 4) is 0 Å². The van der Waals surface area contributed by atoms with Crippen LogP contribution in [0.2, 0.25) is 0 Å². The molecule has 0 unspecified atom stereocenters. The Bertz CT molecular complexity index is 622. The normalized spacial score (nSPS) is 13.4. The Labute approximate surface area is 120 Å². The van der Waals surface area contributed by atoms with E-state index in [1.807, 2.05) is 12.3 Å². The molecule has 1 aromatic heterocycles. The topological polar surface area (TPSA) is 100.0 Å². The summed E-state index contributed by atoms with van der Waals surface area (Å²) in [5.74, 6) is -5.66. The first-order valence-corrected chi connectivity index (χ1v) is 7.16. The summed E-state index contributed by atoms with van der Waals surface area (Å²) in [6.45, 7) is 0. The number of benzene rings is 1. The Morgan fingerprint density at radius 3 is 2.35 bits per heavy atom. The smallest absolute Gasteiger partial charge is 0.286 e. The maximum Gasteiger partial charge on any atom is 0.286 e. The number of hydrogen-bond donors (Lipinski definition) is 5. The van der Waals surface area contributed by atoms with E-state index in [4.69, 9.17) is 0 Å². The van der Waals surface area contributed by atoms with E-state index in [2.05, 4.69) is 4.98 Å². The molecular weight excluding hydrogens is 280 g/mol. The molecule has 2 aromatic rings. The van der Waals surface area contributed by atoms with Crippen molar-refractivity contribution in [3.63, 3.8) is 0 Å². The van der Waals surface area contributed by atoms with Gasteiger partial charge in [-0.1, -0.05) is 0 Å². The summed E-state index contributed by atoms with van der Waals surface area (Å²) in [5, 5.41) is 40.8. The van der Waals surface area contributed by atoms with E-state index in [-0.39, 0.29) is 5.56 Å². The quantitative estimate of drug-likeness (QED) is 0.409. The Kier molecular flexibility index (Phi) is 3.85. The molecule has 1 aromatic carbocycles. The van der Waals surface area contributed by atoms with Gasteiger partial charge < -0.3 is 25.4 Å². The molecule has 20 heavy (non-hydrogen) atoms. The lowest BCUT2D eigenvalue weighted by Crippen LogP contribution is -2.60. The van der Waals surface area contributed by atoms with Gasteiger partial charge in [0.05, 0.1) is 0 Å². The summed E-state index contributed by atoms with van der Waals surface area (Å²) in [6.07, 6.45) is 3.26. The number of nitrogens with zero attached hydrogens (tertiary/aromatic N) is 1. The highest BCUT2D eigenvalue weighted by molar-refractivity contribution is 7.98. The number of fused-ring (bicyclic) bond motifs is 1. The van der Waals surface area contributed by atoms with Gasteiger partial charge in [0, 0.05) is 27.6 Å². The predicted octanol–water partition coefficient (Wildman–Crippen LogP) is 0.227. The van der Waals surface area contributed by atoms with Crippen molar-refractivity contribution >= 4 is 22.7 Å². The zero-order valence-corrected chi connectivity index (χ0v) is 12.3. The number of thioether (sulfide) groups is 1. The second-order valence-electron chi connectivity index (χ2n) is 4.82. The van der Waals surface area contributed by atoms with E-state index in [0.29, 0.717) is 10.9 Å². The lowest BCUT2D eigenvalue weighted by molar-refractivity contribution is -0.413. The summed E-state index contributed by atoms with van der Waals surface area (Å²) < 4.78 is 0. The van der Waals surface area contributed by atoms with Crippen LogP contribution in [0.25, 0.3) is 10.9 Å². The van der Waals surface area contributed by atoms with Crippen molar-refractivity contribution in [1.29, 1.82) is 0 Å². The SMILES string of the molecule is CSc1ccc2[nH]cc(C(O)(O)C(O)(O)N(C)C)c2c1.